The molecule has 1 aliphatic rings. The third-order valence-corrected chi connectivity index (χ3v) is 3.45. The highest BCUT2D eigenvalue weighted by atomic mass is 35.5. The molecule has 102 valence electrons. The van der Waals surface area contributed by atoms with Crippen molar-refractivity contribution in [2.24, 2.45) is 0 Å². The van der Waals surface area contributed by atoms with Gasteiger partial charge in [-0.05, 0) is 25.9 Å². The lowest BCUT2D eigenvalue weighted by molar-refractivity contribution is 0.352. The van der Waals surface area contributed by atoms with Crippen LogP contribution in [0, 0.1) is 12.3 Å². The first-order valence-corrected chi connectivity index (χ1v) is 6.75. The van der Waals surface area contributed by atoms with Gasteiger partial charge < -0.3 is 10.2 Å². The largest absolute Gasteiger partial charge is 0.378 e. The summed E-state index contributed by atoms with van der Waals surface area (Å²) in [7, 11) is 0. The Kier molecular flexibility index (Phi) is 4.83. The van der Waals surface area contributed by atoms with Gasteiger partial charge in [0.15, 0.2) is 0 Å². The number of likely N-dealkylation sites (tertiary alicyclic amines) is 1. The smallest absolute Gasteiger partial charge is 0.292 e. The minimum Gasteiger partial charge on any atom is -0.378 e. The van der Waals surface area contributed by atoms with E-state index in [4.69, 9.17) is 18.0 Å². The molecule has 0 bridgehead atoms. The van der Waals surface area contributed by atoms with Crippen LogP contribution < -0.4 is 10.9 Å². The summed E-state index contributed by atoms with van der Waals surface area (Å²) in [6.07, 6.45) is 9.14. The van der Waals surface area contributed by atoms with Crippen molar-refractivity contribution in [1.29, 1.82) is 0 Å². The second-order valence-electron chi connectivity index (χ2n) is 4.51. The first kappa shape index (κ1) is 13.9. The number of halogens is 1. The molecule has 19 heavy (non-hydrogen) atoms. The van der Waals surface area contributed by atoms with Crippen molar-refractivity contribution in [3.63, 3.8) is 0 Å². The average Bonchev–Trinajstić information content (AvgIpc) is 2.90. The molecule has 0 atom stereocenters. The number of anilines is 1. The minimum absolute atomic E-state index is 0.150. The highest BCUT2D eigenvalue weighted by Crippen LogP contribution is 2.15. The van der Waals surface area contributed by atoms with Gasteiger partial charge in [0, 0.05) is 13.1 Å². The fourth-order valence-corrected chi connectivity index (χ4v) is 2.36. The standard InChI is InChI=1S/C13H17ClN4O/c1-2-6-18-13(19)12(11(14)10-16-18)15-5-9-17-7-3-4-8-17/h1,10,15H,3-9H2. The average molecular weight is 281 g/mol. The quantitative estimate of drug-likeness (QED) is 0.819. The molecule has 0 radical (unpaired) electrons. The Balaban J connectivity index is 2.00. The van der Waals surface area contributed by atoms with E-state index in [0.29, 0.717) is 17.3 Å². The summed E-state index contributed by atoms with van der Waals surface area (Å²) in [5.41, 5.74) is 0.109. The topological polar surface area (TPSA) is 50.2 Å². The van der Waals surface area contributed by atoms with E-state index in [1.807, 2.05) is 0 Å². The van der Waals surface area contributed by atoms with E-state index in [1.165, 1.54) is 23.7 Å². The minimum atomic E-state index is -0.271. The molecule has 1 aliphatic heterocycles. The van der Waals surface area contributed by atoms with E-state index < -0.39 is 0 Å². The summed E-state index contributed by atoms with van der Waals surface area (Å²) < 4.78 is 1.23. The van der Waals surface area contributed by atoms with Crippen LogP contribution in [0.4, 0.5) is 5.69 Å². The number of rotatable bonds is 5. The zero-order chi connectivity index (χ0) is 13.7. The van der Waals surface area contributed by atoms with Crippen molar-refractivity contribution in [3.8, 4) is 12.3 Å². The van der Waals surface area contributed by atoms with Gasteiger partial charge in [0.25, 0.3) is 5.56 Å². The molecule has 0 saturated carbocycles. The highest BCUT2D eigenvalue weighted by molar-refractivity contribution is 6.32. The maximum atomic E-state index is 12.1. The van der Waals surface area contributed by atoms with Crippen molar-refractivity contribution < 1.29 is 0 Å². The van der Waals surface area contributed by atoms with Gasteiger partial charge in [-0.3, -0.25) is 4.79 Å². The summed E-state index contributed by atoms with van der Waals surface area (Å²) in [5.74, 6) is 2.39. The van der Waals surface area contributed by atoms with Crippen LogP contribution in [0.25, 0.3) is 0 Å². The lowest BCUT2D eigenvalue weighted by Gasteiger charge is -2.15. The number of hydrogen-bond acceptors (Lipinski definition) is 4. The molecular weight excluding hydrogens is 264 g/mol. The Morgan fingerprint density at radius 3 is 2.89 bits per heavy atom. The van der Waals surface area contributed by atoms with Crippen LogP contribution in [-0.2, 0) is 6.54 Å². The molecule has 6 heteroatoms. The number of nitrogens with zero attached hydrogens (tertiary/aromatic N) is 3. The van der Waals surface area contributed by atoms with Crippen LogP contribution in [0.1, 0.15) is 12.8 Å². The Hall–Kier alpha value is -1.51. The predicted molar refractivity (Wildman–Crippen MR) is 76.5 cm³/mol. The van der Waals surface area contributed by atoms with E-state index in [9.17, 15) is 4.79 Å². The molecule has 0 unspecified atom stereocenters. The number of terminal acetylenes is 1. The number of nitrogens with one attached hydrogen (secondary N) is 1. The van der Waals surface area contributed by atoms with E-state index in [1.54, 1.807) is 0 Å². The summed E-state index contributed by atoms with van der Waals surface area (Å²) in [5, 5.41) is 7.32. The maximum Gasteiger partial charge on any atom is 0.292 e. The molecule has 1 aromatic heterocycles. The number of aromatic nitrogens is 2. The van der Waals surface area contributed by atoms with Crippen LogP contribution in [0.3, 0.4) is 0 Å². The van der Waals surface area contributed by atoms with Gasteiger partial charge in [0.2, 0.25) is 0 Å². The zero-order valence-electron chi connectivity index (χ0n) is 10.7. The van der Waals surface area contributed by atoms with Crippen LogP contribution in [0.15, 0.2) is 11.0 Å². The molecular formula is C13H17ClN4O. The second kappa shape index (κ2) is 6.60. The Labute approximate surface area is 117 Å². The fraction of sp³-hybridized carbons (Fsp3) is 0.538. The first-order chi connectivity index (χ1) is 9.22. The van der Waals surface area contributed by atoms with E-state index in [0.717, 1.165) is 19.6 Å². The lowest BCUT2D eigenvalue weighted by atomic mass is 10.4. The molecule has 1 aromatic rings. The molecule has 0 spiro atoms. The molecule has 2 heterocycles. The van der Waals surface area contributed by atoms with Gasteiger partial charge in [-0.1, -0.05) is 17.5 Å². The van der Waals surface area contributed by atoms with Gasteiger partial charge >= 0.3 is 0 Å². The van der Waals surface area contributed by atoms with Crippen molar-refractivity contribution in [3.05, 3.63) is 21.6 Å². The summed E-state index contributed by atoms with van der Waals surface area (Å²) in [6.45, 7) is 4.01. The molecule has 2 rings (SSSR count). The van der Waals surface area contributed by atoms with Crippen molar-refractivity contribution in [2.75, 3.05) is 31.5 Å². The van der Waals surface area contributed by atoms with Crippen molar-refractivity contribution in [2.45, 2.75) is 19.4 Å². The van der Waals surface area contributed by atoms with Crippen LogP contribution >= 0.6 is 11.6 Å². The van der Waals surface area contributed by atoms with Gasteiger partial charge in [-0.2, -0.15) is 5.10 Å². The van der Waals surface area contributed by atoms with Crippen molar-refractivity contribution in [1.82, 2.24) is 14.7 Å². The molecule has 1 fully saturated rings. The molecule has 1 N–H and O–H groups in total. The molecule has 0 amide bonds. The third kappa shape index (κ3) is 3.49. The second-order valence-corrected chi connectivity index (χ2v) is 4.92. The van der Waals surface area contributed by atoms with E-state index in [2.05, 4.69) is 21.2 Å². The predicted octanol–water partition coefficient (Wildman–Crippen LogP) is 1.04. The Bertz CT molecular complexity index is 528. The molecule has 5 nitrogen and oxygen atoms in total. The van der Waals surface area contributed by atoms with Gasteiger partial charge in [-0.15, -0.1) is 6.42 Å². The first-order valence-electron chi connectivity index (χ1n) is 6.37. The monoisotopic (exact) mass is 280 g/mol. The van der Waals surface area contributed by atoms with Gasteiger partial charge in [0.1, 0.15) is 12.2 Å². The fourth-order valence-electron chi connectivity index (χ4n) is 2.17. The Morgan fingerprint density at radius 2 is 2.21 bits per heavy atom. The molecule has 1 saturated heterocycles. The molecule has 0 aliphatic carbocycles. The summed E-state index contributed by atoms with van der Waals surface area (Å²) in [4.78, 5) is 14.4. The molecule has 0 aromatic carbocycles. The van der Waals surface area contributed by atoms with Crippen LogP contribution in [0.5, 0.6) is 0 Å². The summed E-state index contributed by atoms with van der Waals surface area (Å²) >= 11 is 5.99. The summed E-state index contributed by atoms with van der Waals surface area (Å²) in [6, 6.07) is 0. The SMILES string of the molecule is C#CCn1ncc(Cl)c(NCCN2CCCC2)c1=O. The Morgan fingerprint density at radius 1 is 1.47 bits per heavy atom. The van der Waals surface area contributed by atoms with Crippen LogP contribution in [0.2, 0.25) is 5.02 Å². The van der Waals surface area contributed by atoms with Gasteiger partial charge in [-0.25, -0.2) is 4.68 Å². The van der Waals surface area contributed by atoms with Crippen LogP contribution in [-0.4, -0.2) is 40.9 Å². The van der Waals surface area contributed by atoms with Gasteiger partial charge in [0.05, 0.1) is 11.2 Å². The highest BCUT2D eigenvalue weighted by Gasteiger charge is 2.12. The normalized spacial score (nSPS) is 15.4. The zero-order valence-corrected chi connectivity index (χ0v) is 11.5. The van der Waals surface area contributed by atoms with E-state index >= 15 is 0 Å². The van der Waals surface area contributed by atoms with Crippen molar-refractivity contribution >= 4 is 17.3 Å². The van der Waals surface area contributed by atoms with E-state index in [-0.39, 0.29) is 12.1 Å². The maximum absolute atomic E-state index is 12.1. The number of hydrogen-bond donors (Lipinski definition) is 1. The third-order valence-electron chi connectivity index (χ3n) is 3.17. The lowest BCUT2D eigenvalue weighted by Crippen LogP contribution is -2.30.